The van der Waals surface area contributed by atoms with Gasteiger partial charge < -0.3 is 20.5 Å². The summed E-state index contributed by atoms with van der Waals surface area (Å²) in [6, 6.07) is 15.0. The van der Waals surface area contributed by atoms with Crippen LogP contribution in [0.25, 0.3) is 11.1 Å². The molecule has 182 valence electrons. The molecule has 2 aromatic rings. The summed E-state index contributed by atoms with van der Waals surface area (Å²) in [6.45, 7) is 0.685. The SMILES string of the molecule is CC[C@@H](CC(=O)NCC(C(=O)O)C(F)(F)F)NC(=O)OCC1c2ccccc2-c2ccccc21. The van der Waals surface area contributed by atoms with Gasteiger partial charge in [-0.2, -0.15) is 13.2 Å². The summed E-state index contributed by atoms with van der Waals surface area (Å²) in [7, 11) is 0. The highest BCUT2D eigenvalue weighted by Gasteiger charge is 2.45. The quantitative estimate of drug-likeness (QED) is 0.504. The van der Waals surface area contributed by atoms with E-state index in [-0.39, 0.29) is 18.9 Å². The highest BCUT2D eigenvalue weighted by atomic mass is 19.4. The first-order chi connectivity index (χ1) is 16.1. The highest BCUT2D eigenvalue weighted by molar-refractivity contribution is 5.80. The topological polar surface area (TPSA) is 105 Å². The van der Waals surface area contributed by atoms with Crippen LogP contribution in [-0.2, 0) is 14.3 Å². The maximum Gasteiger partial charge on any atom is 0.407 e. The molecule has 0 fully saturated rings. The summed E-state index contributed by atoms with van der Waals surface area (Å²) in [6.07, 6.45) is -5.73. The first-order valence-corrected chi connectivity index (χ1v) is 10.8. The molecule has 2 atom stereocenters. The lowest BCUT2D eigenvalue weighted by molar-refractivity contribution is -0.192. The van der Waals surface area contributed by atoms with Crippen LogP contribution in [0.1, 0.15) is 36.8 Å². The lowest BCUT2D eigenvalue weighted by Crippen LogP contribution is -2.43. The Bertz CT molecular complexity index is 1010. The predicted octanol–water partition coefficient (Wildman–Crippen LogP) is 4.07. The summed E-state index contributed by atoms with van der Waals surface area (Å²) >= 11 is 0. The molecule has 0 saturated carbocycles. The third-order valence-corrected chi connectivity index (χ3v) is 5.79. The van der Waals surface area contributed by atoms with Crippen LogP contribution >= 0.6 is 0 Å². The van der Waals surface area contributed by atoms with Crippen molar-refractivity contribution >= 4 is 18.0 Å². The van der Waals surface area contributed by atoms with E-state index in [0.717, 1.165) is 22.3 Å². The molecule has 0 heterocycles. The summed E-state index contributed by atoms with van der Waals surface area (Å²) in [5.74, 6) is -5.72. The van der Waals surface area contributed by atoms with Crippen LogP contribution in [0, 0.1) is 5.92 Å². The smallest absolute Gasteiger partial charge is 0.407 e. The van der Waals surface area contributed by atoms with Crippen molar-refractivity contribution in [3.63, 3.8) is 0 Å². The van der Waals surface area contributed by atoms with Crippen molar-refractivity contribution in [3.8, 4) is 11.1 Å². The molecule has 1 unspecified atom stereocenters. The van der Waals surface area contributed by atoms with Crippen molar-refractivity contribution in [1.29, 1.82) is 0 Å². The number of hydrogen-bond donors (Lipinski definition) is 3. The Morgan fingerprint density at radius 1 is 1.03 bits per heavy atom. The third-order valence-electron chi connectivity index (χ3n) is 5.79. The molecule has 0 spiro atoms. The van der Waals surface area contributed by atoms with Crippen molar-refractivity contribution in [1.82, 2.24) is 10.6 Å². The van der Waals surface area contributed by atoms with Crippen LogP contribution in [0.4, 0.5) is 18.0 Å². The zero-order valence-corrected chi connectivity index (χ0v) is 18.4. The number of rotatable bonds is 9. The fourth-order valence-electron chi connectivity index (χ4n) is 3.96. The fourth-order valence-corrected chi connectivity index (χ4v) is 3.96. The molecule has 2 amide bonds. The second kappa shape index (κ2) is 10.6. The van der Waals surface area contributed by atoms with Crippen molar-refractivity contribution in [2.45, 2.75) is 37.9 Å². The van der Waals surface area contributed by atoms with Crippen LogP contribution in [0.3, 0.4) is 0 Å². The molecule has 2 aromatic carbocycles. The standard InChI is InChI=1S/C24H25F3N2O5/c1-2-14(11-21(30)28-12-20(22(31)32)24(25,26)27)29-23(33)34-13-19-17-9-5-3-7-15(17)16-8-4-6-10-18(16)19/h3-10,14,19-20H,2,11-13H2,1H3,(H,28,30)(H,29,33)(H,31,32)/t14-,20?/m0/s1. The Labute approximate surface area is 194 Å². The predicted molar refractivity (Wildman–Crippen MR) is 117 cm³/mol. The first kappa shape index (κ1) is 25.1. The number of benzene rings is 2. The Morgan fingerprint density at radius 3 is 2.09 bits per heavy atom. The number of amides is 2. The lowest BCUT2D eigenvalue weighted by Gasteiger charge is -2.20. The zero-order chi connectivity index (χ0) is 24.9. The molecule has 0 bridgehead atoms. The number of alkyl halides is 3. The van der Waals surface area contributed by atoms with E-state index in [1.807, 2.05) is 53.8 Å². The van der Waals surface area contributed by atoms with Gasteiger partial charge in [-0.25, -0.2) is 4.79 Å². The van der Waals surface area contributed by atoms with E-state index in [4.69, 9.17) is 9.84 Å². The lowest BCUT2D eigenvalue weighted by atomic mass is 9.98. The second-order valence-corrected chi connectivity index (χ2v) is 8.02. The Hall–Kier alpha value is -3.56. The van der Waals surface area contributed by atoms with Gasteiger partial charge in [-0.15, -0.1) is 0 Å². The van der Waals surface area contributed by atoms with Gasteiger partial charge in [-0.1, -0.05) is 55.5 Å². The number of hydrogen-bond acceptors (Lipinski definition) is 4. The van der Waals surface area contributed by atoms with Crippen molar-refractivity contribution in [2.75, 3.05) is 13.2 Å². The van der Waals surface area contributed by atoms with Gasteiger partial charge >= 0.3 is 18.2 Å². The van der Waals surface area contributed by atoms with E-state index in [1.54, 1.807) is 6.92 Å². The number of carboxylic acids is 1. The van der Waals surface area contributed by atoms with Gasteiger partial charge in [0.05, 0.1) is 0 Å². The van der Waals surface area contributed by atoms with Gasteiger partial charge in [0, 0.05) is 24.9 Å². The Kier molecular flexibility index (Phi) is 7.80. The molecule has 1 aliphatic carbocycles. The van der Waals surface area contributed by atoms with Crippen molar-refractivity contribution < 1.29 is 37.4 Å². The number of ether oxygens (including phenoxy) is 1. The molecular formula is C24H25F3N2O5. The number of carboxylic acid groups (broad SMARTS) is 1. The average molecular weight is 478 g/mol. The van der Waals surface area contributed by atoms with E-state index in [2.05, 4.69) is 5.32 Å². The zero-order valence-electron chi connectivity index (χ0n) is 18.4. The molecule has 3 rings (SSSR count). The highest BCUT2D eigenvalue weighted by Crippen LogP contribution is 2.44. The monoisotopic (exact) mass is 478 g/mol. The van der Waals surface area contributed by atoms with Gasteiger partial charge in [0.1, 0.15) is 6.61 Å². The summed E-state index contributed by atoms with van der Waals surface area (Å²) in [5.41, 5.74) is 4.24. The van der Waals surface area contributed by atoms with E-state index in [1.165, 1.54) is 0 Å². The van der Waals surface area contributed by atoms with Crippen LogP contribution in [0.15, 0.2) is 48.5 Å². The Morgan fingerprint density at radius 2 is 1.59 bits per heavy atom. The van der Waals surface area contributed by atoms with Gasteiger partial charge in [0.15, 0.2) is 5.92 Å². The average Bonchev–Trinajstić information content (AvgIpc) is 3.10. The molecular weight excluding hydrogens is 453 g/mol. The largest absolute Gasteiger partial charge is 0.481 e. The molecule has 34 heavy (non-hydrogen) atoms. The van der Waals surface area contributed by atoms with E-state index in [9.17, 15) is 27.6 Å². The number of carbonyl (C=O) groups excluding carboxylic acids is 2. The molecule has 0 aromatic heterocycles. The molecule has 10 heteroatoms. The van der Waals surface area contributed by atoms with Gasteiger partial charge in [-0.3, -0.25) is 9.59 Å². The van der Waals surface area contributed by atoms with Crippen LogP contribution in [0.2, 0.25) is 0 Å². The molecule has 0 aliphatic heterocycles. The number of carbonyl (C=O) groups is 3. The number of nitrogens with one attached hydrogen (secondary N) is 2. The van der Waals surface area contributed by atoms with Crippen LogP contribution in [0.5, 0.6) is 0 Å². The van der Waals surface area contributed by atoms with Gasteiger partial charge in [0.2, 0.25) is 5.91 Å². The van der Waals surface area contributed by atoms with Crippen LogP contribution in [-0.4, -0.2) is 48.4 Å². The number of fused-ring (bicyclic) bond motifs is 3. The minimum atomic E-state index is -4.98. The first-order valence-electron chi connectivity index (χ1n) is 10.8. The minimum Gasteiger partial charge on any atom is -0.481 e. The normalized spacial score (nSPS) is 14.5. The summed E-state index contributed by atoms with van der Waals surface area (Å²) < 4.78 is 43.6. The molecule has 3 N–H and O–H groups in total. The maximum absolute atomic E-state index is 12.7. The molecule has 0 radical (unpaired) electrons. The number of halogens is 3. The number of aliphatic carboxylic acids is 1. The van der Waals surface area contributed by atoms with Gasteiger partial charge in [-0.05, 0) is 28.7 Å². The van der Waals surface area contributed by atoms with E-state index >= 15 is 0 Å². The van der Waals surface area contributed by atoms with Gasteiger partial charge in [0.25, 0.3) is 0 Å². The third kappa shape index (κ3) is 5.86. The van der Waals surface area contributed by atoms with Crippen molar-refractivity contribution in [2.24, 2.45) is 5.92 Å². The minimum absolute atomic E-state index is 0.0777. The Balaban J connectivity index is 1.53. The van der Waals surface area contributed by atoms with Crippen molar-refractivity contribution in [3.05, 3.63) is 59.7 Å². The van der Waals surface area contributed by atoms with E-state index in [0.29, 0.717) is 6.42 Å². The fraction of sp³-hybridized carbons (Fsp3) is 0.375. The maximum atomic E-state index is 12.7. The van der Waals surface area contributed by atoms with E-state index < -0.39 is 42.7 Å². The second-order valence-electron chi connectivity index (χ2n) is 8.02. The molecule has 7 nitrogen and oxygen atoms in total. The van der Waals surface area contributed by atoms with Crippen LogP contribution < -0.4 is 10.6 Å². The summed E-state index contributed by atoms with van der Waals surface area (Å²) in [4.78, 5) is 35.2. The molecule has 0 saturated heterocycles. The summed E-state index contributed by atoms with van der Waals surface area (Å²) in [5, 5.41) is 13.2. The number of alkyl carbamates (subject to hydrolysis) is 1. The molecule has 1 aliphatic rings.